The first-order valence-corrected chi connectivity index (χ1v) is 5.74. The predicted octanol–water partition coefficient (Wildman–Crippen LogP) is 0.894. The molecule has 17 heavy (non-hydrogen) atoms. The molecule has 8 heteroatoms. The van der Waals surface area contributed by atoms with Crippen LogP contribution in [0.25, 0.3) is 0 Å². The topological polar surface area (TPSA) is 91.3 Å². The minimum absolute atomic E-state index is 0.151. The maximum atomic E-state index is 10.6. The number of hydrogen-bond donors (Lipinski definition) is 1. The summed E-state index contributed by atoms with van der Waals surface area (Å²) in [6.45, 7) is 0. The molecule has 1 N–H and O–H groups in total. The Morgan fingerprint density at radius 2 is 1.47 bits per heavy atom. The third-order valence-corrected chi connectivity index (χ3v) is 2.24. The smallest absolute Gasteiger partial charge is 0.446 e. The largest absolute Gasteiger partial charge is 0.493 e. The van der Waals surface area contributed by atoms with Crippen LogP contribution in [0.5, 0.6) is 23.0 Å². The van der Waals surface area contributed by atoms with Crippen LogP contribution in [0.15, 0.2) is 12.1 Å². The SMILES string of the molecule is COc1cc(OS(=O)(=O)O)cc(OC)c1OC. The predicted molar refractivity (Wildman–Crippen MR) is 58.3 cm³/mol. The monoisotopic (exact) mass is 264 g/mol. The summed E-state index contributed by atoms with van der Waals surface area (Å²) in [5.41, 5.74) is 0. The van der Waals surface area contributed by atoms with Crippen molar-refractivity contribution in [1.29, 1.82) is 0 Å². The highest BCUT2D eigenvalue weighted by Crippen LogP contribution is 2.40. The van der Waals surface area contributed by atoms with E-state index in [0.29, 0.717) is 0 Å². The lowest BCUT2D eigenvalue weighted by molar-refractivity contribution is 0.321. The summed E-state index contributed by atoms with van der Waals surface area (Å²) in [7, 11) is -0.453. The molecule has 1 aromatic rings. The second kappa shape index (κ2) is 5.11. The summed E-state index contributed by atoms with van der Waals surface area (Å²) in [6, 6.07) is 2.49. The van der Waals surface area contributed by atoms with Crippen LogP contribution in [0.4, 0.5) is 0 Å². The molecule has 0 unspecified atom stereocenters. The van der Waals surface area contributed by atoms with Crippen molar-refractivity contribution in [3.8, 4) is 23.0 Å². The second-order valence-corrected chi connectivity index (χ2v) is 3.89. The van der Waals surface area contributed by atoms with Crippen molar-refractivity contribution in [2.75, 3.05) is 21.3 Å². The fraction of sp³-hybridized carbons (Fsp3) is 0.333. The first-order chi connectivity index (χ1) is 7.91. The van der Waals surface area contributed by atoms with Crippen molar-refractivity contribution in [3.63, 3.8) is 0 Å². The normalized spacial score (nSPS) is 10.8. The molecule has 1 aromatic carbocycles. The third-order valence-electron chi connectivity index (χ3n) is 1.84. The van der Waals surface area contributed by atoms with E-state index in [0.717, 1.165) is 0 Å². The molecule has 0 aromatic heterocycles. The highest BCUT2D eigenvalue weighted by Gasteiger charge is 2.16. The van der Waals surface area contributed by atoms with E-state index in [4.69, 9.17) is 18.8 Å². The van der Waals surface area contributed by atoms with Gasteiger partial charge in [0, 0.05) is 12.1 Å². The molecule has 96 valence electrons. The van der Waals surface area contributed by atoms with Gasteiger partial charge in [0.2, 0.25) is 5.75 Å². The van der Waals surface area contributed by atoms with Crippen LogP contribution in [-0.4, -0.2) is 34.3 Å². The van der Waals surface area contributed by atoms with Gasteiger partial charge in [0.1, 0.15) is 0 Å². The summed E-state index contributed by atoms with van der Waals surface area (Å²) < 4.78 is 49.0. The van der Waals surface area contributed by atoms with Crippen LogP contribution in [0, 0.1) is 0 Å². The van der Waals surface area contributed by atoms with Crippen molar-refractivity contribution in [2.24, 2.45) is 0 Å². The zero-order chi connectivity index (χ0) is 13.1. The zero-order valence-corrected chi connectivity index (χ0v) is 10.3. The van der Waals surface area contributed by atoms with Crippen molar-refractivity contribution in [2.45, 2.75) is 0 Å². The van der Waals surface area contributed by atoms with E-state index in [2.05, 4.69) is 4.18 Å². The standard InChI is InChI=1S/C9H12O7S/c1-13-7-4-6(16-17(10,11)12)5-8(14-2)9(7)15-3/h4-5H,1-3H3,(H,10,11,12). The first-order valence-electron chi connectivity index (χ1n) is 4.38. The van der Waals surface area contributed by atoms with Gasteiger partial charge in [-0.05, 0) is 0 Å². The van der Waals surface area contributed by atoms with Crippen LogP contribution >= 0.6 is 0 Å². The van der Waals surface area contributed by atoms with E-state index in [1.807, 2.05) is 0 Å². The molecule has 0 saturated heterocycles. The van der Waals surface area contributed by atoms with Gasteiger partial charge >= 0.3 is 10.4 Å². The molecule has 0 amide bonds. The van der Waals surface area contributed by atoms with Gasteiger partial charge in [0.05, 0.1) is 21.3 Å². The molecular weight excluding hydrogens is 252 g/mol. The van der Waals surface area contributed by atoms with Gasteiger partial charge in [0.25, 0.3) is 0 Å². The zero-order valence-electron chi connectivity index (χ0n) is 9.46. The molecule has 0 saturated carbocycles. The summed E-state index contributed by atoms with van der Waals surface area (Å²) in [6.07, 6.45) is 0. The molecule has 0 aliphatic rings. The fourth-order valence-corrected chi connectivity index (χ4v) is 1.57. The highest BCUT2D eigenvalue weighted by atomic mass is 32.3. The Morgan fingerprint density at radius 1 is 1.00 bits per heavy atom. The number of rotatable bonds is 5. The molecule has 0 spiro atoms. The summed E-state index contributed by atoms with van der Waals surface area (Å²) in [4.78, 5) is 0. The number of benzene rings is 1. The first kappa shape index (κ1) is 13.4. The van der Waals surface area contributed by atoms with E-state index in [-0.39, 0.29) is 23.0 Å². The minimum Gasteiger partial charge on any atom is -0.493 e. The molecule has 0 radical (unpaired) electrons. The molecule has 1 rings (SSSR count). The average molecular weight is 264 g/mol. The van der Waals surface area contributed by atoms with Crippen LogP contribution < -0.4 is 18.4 Å². The number of methoxy groups -OCH3 is 3. The van der Waals surface area contributed by atoms with Gasteiger partial charge < -0.3 is 18.4 Å². The van der Waals surface area contributed by atoms with Gasteiger partial charge in [-0.25, -0.2) is 0 Å². The van der Waals surface area contributed by atoms with Crippen molar-refractivity contribution in [3.05, 3.63) is 12.1 Å². The Balaban J connectivity index is 3.27. The molecular formula is C9H12O7S. The molecule has 0 heterocycles. The van der Waals surface area contributed by atoms with Gasteiger partial charge in [-0.15, -0.1) is 0 Å². The Labute approximate surface area is 98.8 Å². The lowest BCUT2D eigenvalue weighted by Crippen LogP contribution is -2.07. The maximum Gasteiger partial charge on any atom is 0.446 e. The average Bonchev–Trinajstić information content (AvgIpc) is 2.25. The Hall–Kier alpha value is -1.67. The maximum absolute atomic E-state index is 10.6. The highest BCUT2D eigenvalue weighted by molar-refractivity contribution is 7.81. The molecule has 0 fully saturated rings. The lowest BCUT2D eigenvalue weighted by Gasteiger charge is -2.13. The summed E-state index contributed by atoms with van der Waals surface area (Å²) in [5.74, 6) is 0.565. The third kappa shape index (κ3) is 3.40. The van der Waals surface area contributed by atoms with E-state index >= 15 is 0 Å². The van der Waals surface area contributed by atoms with Crippen LogP contribution in [0.3, 0.4) is 0 Å². The molecule has 0 aliphatic carbocycles. The van der Waals surface area contributed by atoms with Crippen LogP contribution in [0.2, 0.25) is 0 Å². The van der Waals surface area contributed by atoms with Crippen molar-refractivity contribution < 1.29 is 31.4 Å². The summed E-state index contributed by atoms with van der Waals surface area (Å²) >= 11 is 0. The number of ether oxygens (including phenoxy) is 3. The second-order valence-electron chi connectivity index (χ2n) is 2.87. The summed E-state index contributed by atoms with van der Waals surface area (Å²) in [5, 5.41) is 0. The molecule has 7 nitrogen and oxygen atoms in total. The Bertz CT molecular complexity index is 469. The van der Waals surface area contributed by atoms with E-state index in [1.165, 1.54) is 33.5 Å². The number of hydrogen-bond acceptors (Lipinski definition) is 6. The molecule has 0 atom stereocenters. The quantitative estimate of drug-likeness (QED) is 0.790. The lowest BCUT2D eigenvalue weighted by atomic mass is 10.2. The van der Waals surface area contributed by atoms with E-state index in [9.17, 15) is 8.42 Å². The van der Waals surface area contributed by atoms with E-state index < -0.39 is 10.4 Å². The minimum atomic E-state index is -4.60. The van der Waals surface area contributed by atoms with Gasteiger partial charge in [-0.2, -0.15) is 8.42 Å². The Morgan fingerprint density at radius 3 is 1.76 bits per heavy atom. The van der Waals surface area contributed by atoms with Gasteiger partial charge in [-0.3, -0.25) is 4.55 Å². The van der Waals surface area contributed by atoms with E-state index in [1.54, 1.807) is 0 Å². The van der Waals surface area contributed by atoms with Crippen LogP contribution in [0.1, 0.15) is 0 Å². The molecule has 0 aliphatic heterocycles. The van der Waals surface area contributed by atoms with Crippen molar-refractivity contribution in [1.82, 2.24) is 0 Å². The Kier molecular flexibility index (Phi) is 4.02. The van der Waals surface area contributed by atoms with Gasteiger partial charge in [-0.1, -0.05) is 0 Å². The molecule has 0 bridgehead atoms. The fourth-order valence-electron chi connectivity index (χ4n) is 1.23. The van der Waals surface area contributed by atoms with Crippen LogP contribution in [-0.2, 0) is 10.4 Å². The van der Waals surface area contributed by atoms with Crippen molar-refractivity contribution >= 4 is 10.4 Å². The van der Waals surface area contributed by atoms with Gasteiger partial charge in [0.15, 0.2) is 17.2 Å².